The van der Waals surface area contributed by atoms with E-state index in [0.717, 1.165) is 30.1 Å². The lowest BCUT2D eigenvalue weighted by atomic mass is 10.1. The minimum atomic E-state index is -4.43. The van der Waals surface area contributed by atoms with E-state index < -0.39 is 11.9 Å². The molecule has 2 rings (SSSR count). The molecule has 1 fully saturated rings. The zero-order valence-corrected chi connectivity index (χ0v) is 9.42. The van der Waals surface area contributed by atoms with Crippen LogP contribution in [-0.4, -0.2) is 29.0 Å². The number of aromatic nitrogens is 2. The summed E-state index contributed by atoms with van der Waals surface area (Å²) in [5.41, 5.74) is -0.918. The summed E-state index contributed by atoms with van der Waals surface area (Å²) in [5, 5.41) is 6.53. The van der Waals surface area contributed by atoms with Gasteiger partial charge in [-0.15, -0.1) is 0 Å². The molecule has 1 aliphatic heterocycles. The first-order valence-corrected chi connectivity index (χ1v) is 5.45. The van der Waals surface area contributed by atoms with Crippen LogP contribution in [0.3, 0.4) is 0 Å². The third kappa shape index (κ3) is 2.91. The Balaban J connectivity index is 2.07. The number of hydrogen-bond donors (Lipinski definition) is 1. The van der Waals surface area contributed by atoms with Crippen molar-refractivity contribution in [3.8, 4) is 5.88 Å². The second-order valence-corrected chi connectivity index (χ2v) is 4.08. The topological polar surface area (TPSA) is 39.1 Å². The molecule has 17 heavy (non-hydrogen) atoms. The zero-order valence-electron chi connectivity index (χ0n) is 9.42. The minimum absolute atomic E-state index is 0.0831. The summed E-state index contributed by atoms with van der Waals surface area (Å²) in [7, 11) is 1.45. The number of nitrogens with zero attached hydrogens (tertiary/aromatic N) is 2. The summed E-state index contributed by atoms with van der Waals surface area (Å²) in [6.07, 6.45) is -2.70. The van der Waals surface area contributed by atoms with Gasteiger partial charge in [-0.2, -0.15) is 18.3 Å². The van der Waals surface area contributed by atoms with E-state index in [4.69, 9.17) is 4.74 Å². The van der Waals surface area contributed by atoms with Crippen molar-refractivity contribution in [3.63, 3.8) is 0 Å². The van der Waals surface area contributed by atoms with Crippen LogP contribution in [0.2, 0.25) is 0 Å². The van der Waals surface area contributed by atoms with E-state index in [-0.39, 0.29) is 12.0 Å². The highest BCUT2D eigenvalue weighted by atomic mass is 19.4. The zero-order chi connectivity index (χ0) is 12.5. The van der Waals surface area contributed by atoms with E-state index in [2.05, 4.69) is 10.4 Å². The molecule has 0 spiro atoms. The molecule has 0 aromatic carbocycles. The van der Waals surface area contributed by atoms with Crippen molar-refractivity contribution in [1.82, 2.24) is 15.1 Å². The van der Waals surface area contributed by atoms with Gasteiger partial charge >= 0.3 is 6.18 Å². The van der Waals surface area contributed by atoms with Gasteiger partial charge < -0.3 is 10.1 Å². The van der Waals surface area contributed by atoms with Crippen LogP contribution in [0.25, 0.3) is 0 Å². The quantitative estimate of drug-likeness (QED) is 0.864. The van der Waals surface area contributed by atoms with Crippen molar-refractivity contribution in [2.45, 2.75) is 25.1 Å². The maximum atomic E-state index is 12.4. The second-order valence-electron chi connectivity index (χ2n) is 4.08. The lowest BCUT2D eigenvalue weighted by Gasteiger charge is -2.23. The van der Waals surface area contributed by atoms with Crippen LogP contribution >= 0.6 is 0 Å². The van der Waals surface area contributed by atoms with Crippen LogP contribution in [0.15, 0.2) is 6.07 Å². The Labute approximate surface area is 96.7 Å². The number of hydrogen-bond acceptors (Lipinski definition) is 3. The fourth-order valence-corrected chi connectivity index (χ4v) is 1.79. The van der Waals surface area contributed by atoms with Crippen LogP contribution in [0.1, 0.15) is 18.5 Å². The van der Waals surface area contributed by atoms with E-state index >= 15 is 0 Å². The monoisotopic (exact) mass is 249 g/mol. The summed E-state index contributed by atoms with van der Waals surface area (Å²) in [6, 6.07) is 0.939. The van der Waals surface area contributed by atoms with Crippen LogP contribution in [0.5, 0.6) is 5.88 Å². The molecule has 4 nitrogen and oxygen atoms in total. The Hall–Kier alpha value is -1.24. The van der Waals surface area contributed by atoms with Crippen LogP contribution in [0, 0.1) is 0 Å². The number of aryl methyl sites for hydroxylation is 1. The predicted molar refractivity (Wildman–Crippen MR) is 54.7 cm³/mol. The van der Waals surface area contributed by atoms with Crippen molar-refractivity contribution in [3.05, 3.63) is 11.8 Å². The summed E-state index contributed by atoms with van der Waals surface area (Å²) in [5.74, 6) is 0.158. The number of halogens is 3. The fraction of sp³-hybridized carbons (Fsp3) is 0.700. The molecule has 1 aliphatic rings. The molecule has 0 amide bonds. The van der Waals surface area contributed by atoms with Gasteiger partial charge in [0, 0.05) is 19.7 Å². The second kappa shape index (κ2) is 4.56. The Morgan fingerprint density at radius 1 is 1.53 bits per heavy atom. The van der Waals surface area contributed by atoms with E-state index in [1.54, 1.807) is 0 Å². The molecule has 1 N–H and O–H groups in total. The molecule has 0 aliphatic carbocycles. The van der Waals surface area contributed by atoms with Crippen LogP contribution < -0.4 is 10.1 Å². The number of piperidine rings is 1. The highest BCUT2D eigenvalue weighted by Crippen LogP contribution is 2.30. The highest BCUT2D eigenvalue weighted by molar-refractivity contribution is 5.18. The maximum absolute atomic E-state index is 12.4. The molecule has 0 saturated carbocycles. The van der Waals surface area contributed by atoms with Gasteiger partial charge in [-0.05, 0) is 19.4 Å². The molecule has 96 valence electrons. The van der Waals surface area contributed by atoms with Crippen molar-refractivity contribution in [2.75, 3.05) is 13.1 Å². The van der Waals surface area contributed by atoms with Gasteiger partial charge in [0.2, 0.25) is 5.88 Å². The number of ether oxygens (including phenoxy) is 1. The molecule has 0 radical (unpaired) electrons. The smallest absolute Gasteiger partial charge is 0.435 e. The highest BCUT2D eigenvalue weighted by Gasteiger charge is 2.35. The van der Waals surface area contributed by atoms with Crippen molar-refractivity contribution >= 4 is 0 Å². The standard InChI is InChI=1S/C10H14F3N3O/c1-16-9(5-8(15-16)10(11,12)13)17-7-3-2-4-14-6-7/h5,7,14H,2-4,6H2,1H3. The molecular weight excluding hydrogens is 235 g/mol. The first-order valence-electron chi connectivity index (χ1n) is 5.45. The van der Waals surface area contributed by atoms with Crippen molar-refractivity contribution < 1.29 is 17.9 Å². The summed E-state index contributed by atoms with van der Waals surface area (Å²) < 4.78 is 43.9. The SMILES string of the molecule is Cn1nc(C(F)(F)F)cc1OC1CCCNC1. The predicted octanol–water partition coefficient (Wildman–Crippen LogP) is 1.57. The molecule has 2 heterocycles. The van der Waals surface area contributed by atoms with Gasteiger partial charge in [0.25, 0.3) is 0 Å². The molecule has 1 aromatic rings. The number of nitrogens with one attached hydrogen (secondary N) is 1. The lowest BCUT2D eigenvalue weighted by molar-refractivity contribution is -0.141. The molecule has 1 aromatic heterocycles. The van der Waals surface area contributed by atoms with Gasteiger partial charge in [-0.1, -0.05) is 0 Å². The van der Waals surface area contributed by atoms with E-state index in [0.29, 0.717) is 6.54 Å². The Morgan fingerprint density at radius 3 is 2.82 bits per heavy atom. The normalized spacial score (nSPS) is 21.5. The van der Waals surface area contributed by atoms with Crippen LogP contribution in [-0.2, 0) is 13.2 Å². The fourth-order valence-electron chi connectivity index (χ4n) is 1.79. The van der Waals surface area contributed by atoms with Gasteiger partial charge in [0.1, 0.15) is 6.10 Å². The van der Waals surface area contributed by atoms with Gasteiger partial charge in [0.15, 0.2) is 5.69 Å². The average Bonchev–Trinajstić information content (AvgIpc) is 2.62. The maximum Gasteiger partial charge on any atom is 0.435 e. The van der Waals surface area contributed by atoms with Gasteiger partial charge in [0.05, 0.1) is 0 Å². The van der Waals surface area contributed by atoms with E-state index in [9.17, 15) is 13.2 Å². The molecule has 1 atom stereocenters. The van der Waals surface area contributed by atoms with E-state index in [1.807, 2.05) is 0 Å². The van der Waals surface area contributed by atoms with Crippen LogP contribution in [0.4, 0.5) is 13.2 Å². The van der Waals surface area contributed by atoms with Crippen molar-refractivity contribution in [1.29, 1.82) is 0 Å². The Kier molecular flexibility index (Phi) is 3.28. The summed E-state index contributed by atoms with van der Waals surface area (Å²) >= 11 is 0. The molecule has 1 saturated heterocycles. The summed E-state index contributed by atoms with van der Waals surface area (Å²) in [6.45, 7) is 1.59. The Bertz CT molecular complexity index is 383. The molecule has 0 bridgehead atoms. The average molecular weight is 249 g/mol. The first-order chi connectivity index (χ1) is 7.97. The summed E-state index contributed by atoms with van der Waals surface area (Å²) in [4.78, 5) is 0. The minimum Gasteiger partial charge on any atom is -0.473 e. The largest absolute Gasteiger partial charge is 0.473 e. The third-order valence-corrected chi connectivity index (χ3v) is 2.67. The first kappa shape index (κ1) is 12.2. The molecular formula is C10H14F3N3O. The number of rotatable bonds is 2. The molecule has 1 unspecified atom stereocenters. The van der Waals surface area contributed by atoms with E-state index in [1.165, 1.54) is 7.05 Å². The van der Waals surface area contributed by atoms with Gasteiger partial charge in [-0.3, -0.25) is 0 Å². The Morgan fingerprint density at radius 2 is 2.29 bits per heavy atom. The molecule has 7 heteroatoms. The van der Waals surface area contributed by atoms with Gasteiger partial charge in [-0.25, -0.2) is 4.68 Å². The third-order valence-electron chi connectivity index (χ3n) is 2.67. The van der Waals surface area contributed by atoms with Crippen molar-refractivity contribution in [2.24, 2.45) is 7.05 Å². The number of alkyl halides is 3. The lowest BCUT2D eigenvalue weighted by Crippen LogP contribution is -2.37.